The lowest BCUT2D eigenvalue weighted by molar-refractivity contribution is 0.0833. The molecule has 1 heterocycles. The number of aliphatic hydroxyl groups excluding tert-OH is 1. The molecule has 0 spiro atoms. The molecule has 1 aromatic carbocycles. The number of fused-ring (bicyclic) bond motifs is 1. The van der Waals surface area contributed by atoms with Crippen molar-refractivity contribution in [2.45, 2.75) is 38.1 Å². The SMILES string of the molecule is Cc1cc(C(=O)NC2(CO)CCCC2)nc2ccccc12. The van der Waals surface area contributed by atoms with Gasteiger partial charge in [-0.1, -0.05) is 31.0 Å². The standard InChI is InChI=1S/C17H20N2O2/c1-12-10-15(18-14-7-3-2-6-13(12)14)16(21)19-17(11-20)8-4-5-9-17/h2-3,6-7,10,20H,4-5,8-9,11H2,1H3,(H,19,21). The highest BCUT2D eigenvalue weighted by molar-refractivity contribution is 5.96. The van der Waals surface area contributed by atoms with Gasteiger partial charge in [0.05, 0.1) is 17.7 Å². The monoisotopic (exact) mass is 284 g/mol. The summed E-state index contributed by atoms with van der Waals surface area (Å²) in [6.07, 6.45) is 3.76. The van der Waals surface area contributed by atoms with Crippen molar-refractivity contribution in [2.75, 3.05) is 6.61 Å². The van der Waals surface area contributed by atoms with Crippen LogP contribution in [0.1, 0.15) is 41.7 Å². The lowest BCUT2D eigenvalue weighted by atomic mass is 9.98. The summed E-state index contributed by atoms with van der Waals surface area (Å²) in [6.45, 7) is 1.98. The lowest BCUT2D eigenvalue weighted by Crippen LogP contribution is -2.49. The van der Waals surface area contributed by atoms with Crippen molar-refractivity contribution >= 4 is 16.8 Å². The molecule has 2 N–H and O–H groups in total. The Bertz CT molecular complexity index is 676. The quantitative estimate of drug-likeness (QED) is 0.910. The number of aromatic nitrogens is 1. The van der Waals surface area contributed by atoms with Crippen molar-refractivity contribution in [3.05, 3.63) is 41.6 Å². The molecule has 0 bridgehead atoms. The van der Waals surface area contributed by atoms with Crippen LogP contribution in [0.5, 0.6) is 0 Å². The minimum absolute atomic E-state index is 0.00863. The van der Waals surface area contributed by atoms with E-state index in [0.29, 0.717) is 5.69 Å². The fourth-order valence-corrected chi connectivity index (χ4v) is 3.15. The van der Waals surface area contributed by atoms with E-state index in [1.807, 2.05) is 37.3 Å². The van der Waals surface area contributed by atoms with E-state index in [-0.39, 0.29) is 12.5 Å². The number of carbonyl (C=O) groups excluding carboxylic acids is 1. The second-order valence-corrected chi connectivity index (χ2v) is 5.94. The van der Waals surface area contributed by atoms with Crippen LogP contribution in [0.4, 0.5) is 0 Å². The minimum Gasteiger partial charge on any atom is -0.394 e. The van der Waals surface area contributed by atoms with E-state index in [2.05, 4.69) is 10.3 Å². The molecule has 0 saturated heterocycles. The van der Waals surface area contributed by atoms with Gasteiger partial charge in [0.1, 0.15) is 5.69 Å². The number of hydrogen-bond acceptors (Lipinski definition) is 3. The molecule has 1 aliphatic rings. The highest BCUT2D eigenvalue weighted by Gasteiger charge is 2.35. The van der Waals surface area contributed by atoms with Crippen LogP contribution in [0.2, 0.25) is 0 Å². The molecule has 3 rings (SSSR count). The number of hydrogen-bond donors (Lipinski definition) is 2. The highest BCUT2D eigenvalue weighted by atomic mass is 16.3. The fourth-order valence-electron chi connectivity index (χ4n) is 3.15. The molecule has 0 unspecified atom stereocenters. The van der Waals surface area contributed by atoms with Gasteiger partial charge in [0.15, 0.2) is 0 Å². The van der Waals surface area contributed by atoms with Gasteiger partial charge in [0.2, 0.25) is 0 Å². The van der Waals surface area contributed by atoms with Gasteiger partial charge in [-0.25, -0.2) is 4.98 Å². The second-order valence-electron chi connectivity index (χ2n) is 5.94. The van der Waals surface area contributed by atoms with Crippen LogP contribution in [0.15, 0.2) is 30.3 Å². The second kappa shape index (κ2) is 5.45. The number of carbonyl (C=O) groups is 1. The Hall–Kier alpha value is -1.94. The van der Waals surface area contributed by atoms with Crippen molar-refractivity contribution in [3.63, 3.8) is 0 Å². The average Bonchev–Trinajstić information content (AvgIpc) is 2.96. The summed E-state index contributed by atoms with van der Waals surface area (Å²) in [5.74, 6) is -0.195. The maximum Gasteiger partial charge on any atom is 0.270 e. The minimum atomic E-state index is -0.460. The van der Waals surface area contributed by atoms with Crippen LogP contribution in [-0.4, -0.2) is 28.1 Å². The van der Waals surface area contributed by atoms with Crippen molar-refractivity contribution < 1.29 is 9.90 Å². The predicted molar refractivity (Wildman–Crippen MR) is 82.2 cm³/mol. The number of aryl methyl sites for hydroxylation is 1. The van der Waals surface area contributed by atoms with Crippen molar-refractivity contribution in [1.29, 1.82) is 0 Å². The molecule has 1 aromatic heterocycles. The Labute approximate surface area is 124 Å². The molecule has 21 heavy (non-hydrogen) atoms. The van der Waals surface area contributed by atoms with E-state index >= 15 is 0 Å². The molecule has 4 heteroatoms. The first-order valence-corrected chi connectivity index (χ1v) is 7.43. The van der Waals surface area contributed by atoms with E-state index < -0.39 is 5.54 Å². The number of para-hydroxylation sites is 1. The first kappa shape index (κ1) is 14.0. The molecule has 0 aliphatic heterocycles. The number of pyridine rings is 1. The van der Waals surface area contributed by atoms with E-state index in [1.54, 1.807) is 0 Å². The van der Waals surface area contributed by atoms with Gasteiger partial charge in [-0.3, -0.25) is 4.79 Å². The third kappa shape index (κ3) is 2.63. The molecule has 0 atom stereocenters. The smallest absolute Gasteiger partial charge is 0.270 e. The van der Waals surface area contributed by atoms with E-state index in [9.17, 15) is 9.90 Å². The summed E-state index contributed by atoms with van der Waals surface area (Å²) < 4.78 is 0. The van der Waals surface area contributed by atoms with Crippen LogP contribution in [0.25, 0.3) is 10.9 Å². The van der Waals surface area contributed by atoms with Crippen LogP contribution >= 0.6 is 0 Å². The molecule has 2 aromatic rings. The molecule has 110 valence electrons. The topological polar surface area (TPSA) is 62.2 Å². The van der Waals surface area contributed by atoms with Crippen LogP contribution in [0.3, 0.4) is 0 Å². The molecular weight excluding hydrogens is 264 g/mol. The zero-order chi connectivity index (χ0) is 14.9. The summed E-state index contributed by atoms with van der Waals surface area (Å²) in [7, 11) is 0. The average molecular weight is 284 g/mol. The van der Waals surface area contributed by atoms with Crippen molar-refractivity contribution in [1.82, 2.24) is 10.3 Å². The Morgan fingerprint density at radius 3 is 2.76 bits per heavy atom. The normalized spacial score (nSPS) is 17.0. The van der Waals surface area contributed by atoms with Crippen LogP contribution in [0, 0.1) is 6.92 Å². The van der Waals surface area contributed by atoms with Gasteiger partial charge in [-0.15, -0.1) is 0 Å². The highest BCUT2D eigenvalue weighted by Crippen LogP contribution is 2.29. The maximum atomic E-state index is 12.5. The summed E-state index contributed by atoms with van der Waals surface area (Å²) >= 11 is 0. The number of benzene rings is 1. The number of nitrogens with one attached hydrogen (secondary N) is 1. The Morgan fingerprint density at radius 2 is 2.05 bits per heavy atom. The van der Waals surface area contributed by atoms with Crippen molar-refractivity contribution in [3.8, 4) is 0 Å². The number of aliphatic hydroxyl groups is 1. The molecule has 1 fully saturated rings. The van der Waals surface area contributed by atoms with Crippen molar-refractivity contribution in [2.24, 2.45) is 0 Å². The lowest BCUT2D eigenvalue weighted by Gasteiger charge is -2.27. The molecule has 4 nitrogen and oxygen atoms in total. The van der Waals surface area contributed by atoms with Gasteiger partial charge in [0.25, 0.3) is 5.91 Å². The first-order valence-electron chi connectivity index (χ1n) is 7.43. The van der Waals surface area contributed by atoms with Gasteiger partial charge in [0, 0.05) is 5.39 Å². The third-order valence-corrected chi connectivity index (χ3v) is 4.40. The Morgan fingerprint density at radius 1 is 1.33 bits per heavy atom. The Kier molecular flexibility index (Phi) is 3.64. The van der Waals surface area contributed by atoms with Crippen LogP contribution in [-0.2, 0) is 0 Å². The predicted octanol–water partition coefficient (Wildman–Crippen LogP) is 2.58. The number of rotatable bonds is 3. The van der Waals surface area contributed by atoms with E-state index in [4.69, 9.17) is 0 Å². The van der Waals surface area contributed by atoms with Gasteiger partial charge in [-0.2, -0.15) is 0 Å². The van der Waals surface area contributed by atoms with Gasteiger partial charge in [-0.05, 0) is 37.5 Å². The zero-order valence-corrected chi connectivity index (χ0v) is 12.2. The Balaban J connectivity index is 1.91. The molecule has 1 saturated carbocycles. The third-order valence-electron chi connectivity index (χ3n) is 4.40. The number of nitrogens with zero attached hydrogens (tertiary/aromatic N) is 1. The summed E-state index contributed by atoms with van der Waals surface area (Å²) in [4.78, 5) is 16.9. The molecule has 1 amide bonds. The molecule has 0 radical (unpaired) electrons. The van der Waals surface area contributed by atoms with E-state index in [1.165, 1.54) is 0 Å². The maximum absolute atomic E-state index is 12.5. The first-order chi connectivity index (χ1) is 10.1. The summed E-state index contributed by atoms with van der Waals surface area (Å²) in [5.41, 5.74) is 1.83. The van der Waals surface area contributed by atoms with E-state index in [0.717, 1.165) is 42.1 Å². The largest absolute Gasteiger partial charge is 0.394 e. The molecular formula is C17H20N2O2. The van der Waals surface area contributed by atoms with Gasteiger partial charge >= 0.3 is 0 Å². The fraction of sp³-hybridized carbons (Fsp3) is 0.412. The van der Waals surface area contributed by atoms with Gasteiger partial charge < -0.3 is 10.4 Å². The number of amides is 1. The summed E-state index contributed by atoms with van der Waals surface area (Å²) in [6, 6.07) is 9.62. The zero-order valence-electron chi connectivity index (χ0n) is 12.2. The molecule has 1 aliphatic carbocycles. The van der Waals surface area contributed by atoms with Crippen LogP contribution < -0.4 is 5.32 Å². The summed E-state index contributed by atoms with van der Waals surface area (Å²) in [5, 5.41) is 13.7.